The van der Waals surface area contributed by atoms with Crippen molar-refractivity contribution in [2.45, 2.75) is 57.2 Å². The first-order valence-electron chi connectivity index (χ1n) is 8.96. The third-order valence-electron chi connectivity index (χ3n) is 5.30. The normalized spacial score (nSPS) is 24.0. The van der Waals surface area contributed by atoms with Gasteiger partial charge >= 0.3 is 5.97 Å². The van der Waals surface area contributed by atoms with Crippen molar-refractivity contribution in [3.05, 3.63) is 35.4 Å². The Kier molecular flexibility index (Phi) is 5.51. The van der Waals surface area contributed by atoms with Crippen LogP contribution in [-0.2, 0) is 27.3 Å². The molecule has 1 aromatic carbocycles. The molecule has 1 unspecified atom stereocenters. The number of nitrogens with one attached hydrogen (secondary N) is 2. The molecular weight excluding hydrogens is 304 g/mol. The number of amides is 1. The molecule has 1 aliphatic carbocycles. The van der Waals surface area contributed by atoms with Gasteiger partial charge in [0.15, 0.2) is 12.6 Å². The van der Waals surface area contributed by atoms with E-state index in [1.165, 1.54) is 37.5 Å². The summed E-state index contributed by atoms with van der Waals surface area (Å²) < 4.78 is 4.98. The number of ether oxygens (including phenoxy) is 1. The highest BCUT2D eigenvalue weighted by molar-refractivity contribution is 5.78. The number of quaternary nitrogens is 1. The first-order chi connectivity index (χ1) is 11.7. The predicted octanol–water partition coefficient (Wildman–Crippen LogP) is 0.618. The zero-order valence-corrected chi connectivity index (χ0v) is 14.3. The summed E-state index contributed by atoms with van der Waals surface area (Å²) in [6, 6.07) is 8.15. The zero-order valence-electron chi connectivity index (χ0n) is 14.3. The second-order valence-corrected chi connectivity index (χ2v) is 6.96. The molecule has 0 aromatic heterocycles. The minimum absolute atomic E-state index is 0.0465. The van der Waals surface area contributed by atoms with Gasteiger partial charge in [-0.25, -0.2) is 4.79 Å². The summed E-state index contributed by atoms with van der Waals surface area (Å²) in [6.07, 6.45) is 6.44. The van der Waals surface area contributed by atoms with Crippen LogP contribution in [0.5, 0.6) is 0 Å². The average molecular weight is 331 g/mol. The van der Waals surface area contributed by atoms with E-state index in [0.717, 1.165) is 17.7 Å². The molecule has 1 heterocycles. The number of carbonyl (C=O) groups excluding carboxylic acids is 2. The van der Waals surface area contributed by atoms with Gasteiger partial charge in [0, 0.05) is 18.0 Å². The summed E-state index contributed by atoms with van der Waals surface area (Å²) in [6.45, 7) is 1.01. The van der Waals surface area contributed by atoms with Gasteiger partial charge in [0.2, 0.25) is 0 Å². The maximum absolute atomic E-state index is 12.5. The van der Waals surface area contributed by atoms with Crippen molar-refractivity contribution in [3.8, 4) is 0 Å². The lowest BCUT2D eigenvalue weighted by Crippen LogP contribution is -3.17. The van der Waals surface area contributed by atoms with Crippen LogP contribution in [-0.4, -0.2) is 37.6 Å². The third-order valence-corrected chi connectivity index (χ3v) is 5.30. The molecule has 1 fully saturated rings. The number of esters is 1. The Morgan fingerprint density at radius 3 is 2.58 bits per heavy atom. The molecule has 0 saturated heterocycles. The molecule has 2 N–H and O–H groups in total. The van der Waals surface area contributed by atoms with E-state index in [9.17, 15) is 9.59 Å². The molecule has 130 valence electrons. The number of benzene rings is 1. The number of rotatable bonds is 4. The van der Waals surface area contributed by atoms with E-state index in [2.05, 4.69) is 17.4 Å². The minimum atomic E-state index is -0.304. The van der Waals surface area contributed by atoms with E-state index in [1.807, 2.05) is 12.1 Å². The van der Waals surface area contributed by atoms with Crippen LogP contribution in [0, 0.1) is 0 Å². The fourth-order valence-corrected chi connectivity index (χ4v) is 3.97. The molecular formula is C19H27N2O3+. The number of carbonyl (C=O) groups is 2. The highest BCUT2D eigenvalue weighted by Crippen LogP contribution is 2.17. The molecule has 0 bridgehead atoms. The van der Waals surface area contributed by atoms with Gasteiger partial charge in [0.25, 0.3) is 5.91 Å². The maximum atomic E-state index is 12.5. The van der Waals surface area contributed by atoms with Crippen molar-refractivity contribution in [2.24, 2.45) is 0 Å². The number of methoxy groups -OCH3 is 1. The molecule has 1 amide bonds. The Balaban J connectivity index is 1.67. The lowest BCUT2D eigenvalue weighted by atomic mass is 9.93. The van der Waals surface area contributed by atoms with Gasteiger partial charge in [-0.3, -0.25) is 4.79 Å². The van der Waals surface area contributed by atoms with Gasteiger partial charge < -0.3 is 15.0 Å². The molecule has 0 spiro atoms. The van der Waals surface area contributed by atoms with Crippen LogP contribution in [0.25, 0.3) is 0 Å². The fraction of sp³-hybridized carbons (Fsp3) is 0.579. The van der Waals surface area contributed by atoms with E-state index in [1.54, 1.807) is 0 Å². The molecule has 24 heavy (non-hydrogen) atoms. The third kappa shape index (κ3) is 3.96. The molecule has 1 saturated carbocycles. The van der Waals surface area contributed by atoms with Crippen LogP contribution >= 0.6 is 0 Å². The van der Waals surface area contributed by atoms with Crippen LogP contribution in [0.15, 0.2) is 24.3 Å². The quantitative estimate of drug-likeness (QED) is 0.795. The Morgan fingerprint density at radius 1 is 1.17 bits per heavy atom. The molecule has 1 aromatic rings. The molecule has 0 radical (unpaired) electrons. The summed E-state index contributed by atoms with van der Waals surface area (Å²) >= 11 is 0. The van der Waals surface area contributed by atoms with Crippen LogP contribution in [0.3, 0.4) is 0 Å². The SMILES string of the molecule is COC(=O)[C@H]1Cc2ccccc2C[NH+]1CC(=O)NC1CCCCC1. The minimum Gasteiger partial charge on any atom is -0.465 e. The Bertz CT molecular complexity index is 596. The largest absolute Gasteiger partial charge is 0.465 e. The van der Waals surface area contributed by atoms with E-state index in [0.29, 0.717) is 25.6 Å². The predicted molar refractivity (Wildman–Crippen MR) is 90.5 cm³/mol. The average Bonchev–Trinajstić information content (AvgIpc) is 2.61. The number of hydrogen-bond donors (Lipinski definition) is 2. The van der Waals surface area contributed by atoms with Crippen molar-refractivity contribution in [3.63, 3.8) is 0 Å². The molecule has 3 rings (SSSR count). The van der Waals surface area contributed by atoms with E-state index < -0.39 is 0 Å². The summed E-state index contributed by atoms with van der Waals surface area (Å²) in [7, 11) is 1.42. The topological polar surface area (TPSA) is 59.8 Å². The first-order valence-corrected chi connectivity index (χ1v) is 8.96. The Labute approximate surface area is 143 Å². The standard InChI is InChI=1S/C19H26N2O3/c1-24-19(23)17-11-14-7-5-6-8-15(14)12-21(17)13-18(22)20-16-9-3-2-4-10-16/h5-8,16-17H,2-4,9-13H2,1H3,(H,20,22)/p+1/t17-/m1/s1. The van der Waals surface area contributed by atoms with Crippen LogP contribution < -0.4 is 10.2 Å². The van der Waals surface area contributed by atoms with E-state index >= 15 is 0 Å². The van der Waals surface area contributed by atoms with E-state index in [4.69, 9.17) is 4.74 Å². The Morgan fingerprint density at radius 2 is 1.88 bits per heavy atom. The van der Waals surface area contributed by atoms with Crippen molar-refractivity contribution in [2.75, 3.05) is 13.7 Å². The van der Waals surface area contributed by atoms with Crippen molar-refractivity contribution in [1.29, 1.82) is 0 Å². The zero-order chi connectivity index (χ0) is 16.9. The summed E-state index contributed by atoms with van der Waals surface area (Å²) in [5, 5.41) is 3.16. The second-order valence-electron chi connectivity index (χ2n) is 6.96. The summed E-state index contributed by atoms with van der Waals surface area (Å²) in [5.74, 6) is -0.185. The molecule has 2 aliphatic rings. The van der Waals surface area contributed by atoms with Crippen molar-refractivity contribution in [1.82, 2.24) is 5.32 Å². The number of fused-ring (bicyclic) bond motifs is 1. The lowest BCUT2D eigenvalue weighted by molar-refractivity contribution is -0.924. The lowest BCUT2D eigenvalue weighted by Gasteiger charge is -2.32. The highest BCUT2D eigenvalue weighted by atomic mass is 16.5. The molecule has 2 atom stereocenters. The van der Waals surface area contributed by atoms with Crippen molar-refractivity contribution < 1.29 is 19.2 Å². The maximum Gasteiger partial charge on any atom is 0.365 e. The van der Waals surface area contributed by atoms with Gasteiger partial charge in [-0.1, -0.05) is 43.5 Å². The van der Waals surface area contributed by atoms with Crippen LogP contribution in [0.4, 0.5) is 0 Å². The molecule has 1 aliphatic heterocycles. The monoisotopic (exact) mass is 331 g/mol. The smallest absolute Gasteiger partial charge is 0.365 e. The summed E-state index contributed by atoms with van der Waals surface area (Å²) in [5.41, 5.74) is 2.41. The van der Waals surface area contributed by atoms with Gasteiger partial charge in [0.1, 0.15) is 6.54 Å². The van der Waals surface area contributed by atoms with E-state index in [-0.39, 0.29) is 17.9 Å². The Hall–Kier alpha value is -1.88. The molecule has 5 nitrogen and oxygen atoms in total. The van der Waals surface area contributed by atoms with Crippen LogP contribution in [0.2, 0.25) is 0 Å². The molecule has 5 heteroatoms. The second kappa shape index (κ2) is 7.79. The summed E-state index contributed by atoms with van der Waals surface area (Å²) in [4.78, 5) is 25.6. The van der Waals surface area contributed by atoms with Gasteiger partial charge in [-0.15, -0.1) is 0 Å². The van der Waals surface area contributed by atoms with Gasteiger partial charge in [-0.05, 0) is 18.4 Å². The fourth-order valence-electron chi connectivity index (χ4n) is 3.97. The van der Waals surface area contributed by atoms with Crippen molar-refractivity contribution >= 4 is 11.9 Å². The van der Waals surface area contributed by atoms with Gasteiger partial charge in [0.05, 0.1) is 7.11 Å². The van der Waals surface area contributed by atoms with Crippen LogP contribution in [0.1, 0.15) is 43.2 Å². The first kappa shape index (κ1) is 17.0. The number of hydrogen-bond acceptors (Lipinski definition) is 3. The van der Waals surface area contributed by atoms with Gasteiger partial charge in [-0.2, -0.15) is 0 Å². The highest BCUT2D eigenvalue weighted by Gasteiger charge is 2.37.